The summed E-state index contributed by atoms with van der Waals surface area (Å²) in [5, 5.41) is 8.78. The van der Waals surface area contributed by atoms with E-state index in [9.17, 15) is 0 Å². The van der Waals surface area contributed by atoms with E-state index in [0.717, 1.165) is 35.2 Å². The number of morpholine rings is 1. The first-order valence-electron chi connectivity index (χ1n) is 10.5. The van der Waals surface area contributed by atoms with E-state index < -0.39 is 0 Å². The average molecular weight is 429 g/mol. The van der Waals surface area contributed by atoms with Gasteiger partial charge in [-0.15, -0.1) is 0 Å². The highest BCUT2D eigenvalue weighted by molar-refractivity contribution is 5.99. The molecular weight excluding hydrogens is 404 g/mol. The minimum Gasteiger partial charge on any atom is -0.378 e. The zero-order chi connectivity index (χ0) is 21.8. The lowest BCUT2D eigenvalue weighted by Crippen LogP contribution is -2.37. The highest BCUT2D eigenvalue weighted by atomic mass is 16.5. The van der Waals surface area contributed by atoms with Crippen molar-refractivity contribution >= 4 is 40.6 Å². The predicted molar refractivity (Wildman–Crippen MR) is 127 cm³/mol. The van der Waals surface area contributed by atoms with Gasteiger partial charge in [-0.1, -0.05) is 36.4 Å². The molecule has 0 unspecified atom stereocenters. The van der Waals surface area contributed by atoms with Gasteiger partial charge in [-0.25, -0.2) is 5.43 Å². The van der Waals surface area contributed by atoms with E-state index in [1.165, 1.54) is 0 Å². The van der Waals surface area contributed by atoms with Crippen LogP contribution < -0.4 is 15.6 Å². The molecule has 2 aromatic carbocycles. The first kappa shape index (κ1) is 20.0. The number of hydrazone groups is 1. The lowest BCUT2D eigenvalue weighted by atomic mass is 10.2. The van der Waals surface area contributed by atoms with Crippen LogP contribution in [0.3, 0.4) is 0 Å². The fourth-order valence-electron chi connectivity index (χ4n) is 3.66. The first-order valence-corrected chi connectivity index (χ1v) is 10.5. The average Bonchev–Trinajstić information content (AvgIpc) is 3.16. The first-order chi connectivity index (χ1) is 15.8. The van der Waals surface area contributed by atoms with Crippen molar-refractivity contribution in [3.05, 3.63) is 66.4 Å². The molecule has 0 spiro atoms. The molecule has 0 bridgehead atoms. The van der Waals surface area contributed by atoms with Crippen LogP contribution in [0, 0.1) is 0 Å². The number of hydrogen-bond acceptors (Lipinski definition) is 8. The van der Waals surface area contributed by atoms with Crippen LogP contribution in [0.2, 0.25) is 0 Å². The third kappa shape index (κ3) is 4.37. The van der Waals surface area contributed by atoms with Crippen molar-refractivity contribution in [2.75, 3.05) is 41.9 Å². The number of aryl methyl sites for hydroxylation is 1. The Bertz CT molecular complexity index is 1230. The monoisotopic (exact) mass is 428 g/mol. The van der Waals surface area contributed by atoms with Crippen LogP contribution in [-0.4, -0.2) is 52.0 Å². The molecule has 3 heterocycles. The molecule has 1 aliphatic rings. The number of anilines is 4. The molecule has 0 saturated carbocycles. The Morgan fingerprint density at radius 3 is 2.53 bits per heavy atom. The molecule has 0 atom stereocenters. The second-order valence-electron chi connectivity index (χ2n) is 7.46. The number of hydrogen-bond donors (Lipinski definition) is 2. The van der Waals surface area contributed by atoms with Crippen LogP contribution in [0.25, 0.3) is 10.9 Å². The largest absolute Gasteiger partial charge is 0.378 e. The fraction of sp³-hybridized carbons (Fsp3) is 0.217. The lowest BCUT2D eigenvalue weighted by molar-refractivity contribution is 0.122. The number of ether oxygens (including phenoxy) is 1. The van der Waals surface area contributed by atoms with E-state index in [1.54, 1.807) is 6.21 Å². The molecule has 9 heteroatoms. The Morgan fingerprint density at radius 1 is 0.938 bits per heavy atom. The normalized spacial score (nSPS) is 14.2. The van der Waals surface area contributed by atoms with Gasteiger partial charge in [0, 0.05) is 48.5 Å². The summed E-state index contributed by atoms with van der Waals surface area (Å²) < 4.78 is 7.54. The Morgan fingerprint density at radius 2 is 1.69 bits per heavy atom. The zero-order valence-corrected chi connectivity index (χ0v) is 17.8. The van der Waals surface area contributed by atoms with E-state index in [-0.39, 0.29) is 0 Å². The summed E-state index contributed by atoms with van der Waals surface area (Å²) in [5.41, 5.74) is 6.04. The van der Waals surface area contributed by atoms with E-state index in [0.29, 0.717) is 31.1 Å². The number of nitrogens with zero attached hydrogens (tertiary/aromatic N) is 6. The minimum atomic E-state index is 0.372. The second kappa shape index (κ2) is 9.03. The van der Waals surface area contributed by atoms with Crippen LogP contribution in [0.15, 0.2) is 65.9 Å². The topological polar surface area (TPSA) is 92.5 Å². The molecule has 0 aliphatic carbocycles. The molecule has 9 nitrogen and oxygen atoms in total. The number of aromatic nitrogens is 4. The number of fused-ring (bicyclic) bond motifs is 1. The quantitative estimate of drug-likeness (QED) is 0.359. The highest BCUT2D eigenvalue weighted by Crippen LogP contribution is 2.20. The number of para-hydroxylation sites is 2. The van der Waals surface area contributed by atoms with Gasteiger partial charge in [-0.2, -0.15) is 20.1 Å². The molecule has 5 rings (SSSR count). The third-order valence-corrected chi connectivity index (χ3v) is 5.24. The highest BCUT2D eigenvalue weighted by Gasteiger charge is 2.16. The molecule has 0 amide bonds. The number of rotatable bonds is 6. The van der Waals surface area contributed by atoms with Crippen LogP contribution >= 0.6 is 0 Å². The molecule has 1 fully saturated rings. The van der Waals surface area contributed by atoms with Gasteiger partial charge in [-0.05, 0) is 18.2 Å². The third-order valence-electron chi connectivity index (χ3n) is 5.24. The van der Waals surface area contributed by atoms with Crippen molar-refractivity contribution in [2.24, 2.45) is 12.1 Å². The van der Waals surface area contributed by atoms with Crippen LogP contribution in [-0.2, 0) is 11.8 Å². The molecule has 2 aromatic heterocycles. The van der Waals surface area contributed by atoms with Crippen molar-refractivity contribution in [3.8, 4) is 0 Å². The van der Waals surface area contributed by atoms with Gasteiger partial charge in [0.15, 0.2) is 0 Å². The SMILES string of the molecule is Cn1cc(/C=N\Nc2nc(Nc3ccccc3)nc(N3CCOCC3)n2)c2ccccc21. The Hall–Kier alpha value is -3.98. The van der Waals surface area contributed by atoms with Crippen LogP contribution in [0.4, 0.5) is 23.5 Å². The van der Waals surface area contributed by atoms with Gasteiger partial charge < -0.3 is 19.5 Å². The summed E-state index contributed by atoms with van der Waals surface area (Å²) in [4.78, 5) is 15.8. The smallest absolute Gasteiger partial charge is 0.250 e. The summed E-state index contributed by atoms with van der Waals surface area (Å²) in [6, 6.07) is 18.0. The summed E-state index contributed by atoms with van der Waals surface area (Å²) >= 11 is 0. The van der Waals surface area contributed by atoms with Crippen molar-refractivity contribution < 1.29 is 4.74 Å². The summed E-state index contributed by atoms with van der Waals surface area (Å²) in [5.74, 6) is 1.41. The Kier molecular flexibility index (Phi) is 5.63. The van der Waals surface area contributed by atoms with Gasteiger partial charge in [-0.3, -0.25) is 0 Å². The maximum absolute atomic E-state index is 5.46. The summed E-state index contributed by atoms with van der Waals surface area (Å²) in [6.45, 7) is 2.76. The van der Waals surface area contributed by atoms with Gasteiger partial charge >= 0.3 is 0 Å². The molecular formula is C23H24N8O. The van der Waals surface area contributed by atoms with Crippen LogP contribution in [0.5, 0.6) is 0 Å². The molecule has 0 radical (unpaired) electrons. The van der Waals surface area contributed by atoms with E-state index in [4.69, 9.17) is 4.74 Å². The number of nitrogens with one attached hydrogen (secondary N) is 2. The second-order valence-corrected chi connectivity index (χ2v) is 7.46. The molecule has 4 aromatic rings. The Labute approximate surface area is 185 Å². The van der Waals surface area contributed by atoms with Crippen molar-refractivity contribution in [3.63, 3.8) is 0 Å². The van der Waals surface area contributed by atoms with Gasteiger partial charge in [0.25, 0.3) is 0 Å². The van der Waals surface area contributed by atoms with E-state index >= 15 is 0 Å². The molecule has 162 valence electrons. The standard InChI is InChI=1S/C23H24N8O/c1-30-16-17(19-9-5-6-10-20(19)30)15-24-29-22-26-21(25-18-7-3-2-4-8-18)27-23(28-22)31-11-13-32-14-12-31/h2-10,15-16H,11-14H2,1H3,(H2,25,26,27,28,29)/b24-15-. The summed E-state index contributed by atoms with van der Waals surface area (Å²) in [7, 11) is 2.02. The maximum atomic E-state index is 5.46. The minimum absolute atomic E-state index is 0.372. The maximum Gasteiger partial charge on any atom is 0.250 e. The van der Waals surface area contributed by atoms with Gasteiger partial charge in [0.05, 0.1) is 19.4 Å². The van der Waals surface area contributed by atoms with Crippen LogP contribution in [0.1, 0.15) is 5.56 Å². The predicted octanol–water partition coefficient (Wildman–Crippen LogP) is 3.39. The number of benzene rings is 2. The van der Waals surface area contributed by atoms with E-state index in [1.807, 2.05) is 55.7 Å². The van der Waals surface area contributed by atoms with E-state index in [2.05, 4.69) is 52.4 Å². The lowest BCUT2D eigenvalue weighted by Gasteiger charge is -2.27. The molecule has 2 N–H and O–H groups in total. The zero-order valence-electron chi connectivity index (χ0n) is 17.8. The Balaban J connectivity index is 1.41. The van der Waals surface area contributed by atoms with Gasteiger partial charge in [0.2, 0.25) is 17.8 Å². The van der Waals surface area contributed by atoms with Crippen molar-refractivity contribution in [2.45, 2.75) is 0 Å². The van der Waals surface area contributed by atoms with Crippen molar-refractivity contribution in [1.29, 1.82) is 0 Å². The molecule has 1 saturated heterocycles. The van der Waals surface area contributed by atoms with Gasteiger partial charge in [0.1, 0.15) is 0 Å². The van der Waals surface area contributed by atoms with Crippen molar-refractivity contribution in [1.82, 2.24) is 19.5 Å². The fourth-order valence-corrected chi connectivity index (χ4v) is 3.66. The summed E-state index contributed by atoms with van der Waals surface area (Å²) in [6.07, 6.45) is 3.83. The molecule has 32 heavy (non-hydrogen) atoms. The molecule has 1 aliphatic heterocycles.